The Morgan fingerprint density at radius 2 is 2.22 bits per heavy atom. The van der Waals surface area contributed by atoms with Crippen molar-refractivity contribution in [2.24, 2.45) is 0 Å². The van der Waals surface area contributed by atoms with Crippen LogP contribution in [0.15, 0.2) is 27.6 Å². The van der Waals surface area contributed by atoms with E-state index < -0.39 is 21.4 Å². The van der Waals surface area contributed by atoms with E-state index in [9.17, 15) is 12.8 Å². The first kappa shape index (κ1) is 13.9. The van der Waals surface area contributed by atoms with Crippen LogP contribution in [-0.2, 0) is 10.0 Å². The van der Waals surface area contributed by atoms with E-state index in [4.69, 9.17) is 0 Å². The summed E-state index contributed by atoms with van der Waals surface area (Å²) in [4.78, 5) is -0.321. The van der Waals surface area contributed by atoms with Crippen molar-refractivity contribution in [3.05, 3.63) is 28.5 Å². The molecule has 18 heavy (non-hydrogen) atoms. The summed E-state index contributed by atoms with van der Waals surface area (Å²) in [6.07, 6.45) is 0.685. The molecule has 2 N–H and O–H groups in total. The molecular formula is C11H14BrFN2O2S. The van der Waals surface area contributed by atoms with E-state index in [1.165, 1.54) is 12.1 Å². The molecule has 100 valence electrons. The fourth-order valence-electron chi connectivity index (χ4n) is 1.98. The summed E-state index contributed by atoms with van der Waals surface area (Å²) in [6.45, 7) is 3.10. The van der Waals surface area contributed by atoms with Gasteiger partial charge in [0.15, 0.2) is 0 Å². The molecule has 0 bridgehead atoms. The van der Waals surface area contributed by atoms with Crippen LogP contribution in [0.25, 0.3) is 0 Å². The monoisotopic (exact) mass is 336 g/mol. The largest absolute Gasteiger partial charge is 0.315 e. The Kier molecular flexibility index (Phi) is 3.77. The molecule has 1 unspecified atom stereocenters. The van der Waals surface area contributed by atoms with Crippen LogP contribution < -0.4 is 10.0 Å². The van der Waals surface area contributed by atoms with Crippen molar-refractivity contribution in [2.45, 2.75) is 23.8 Å². The molecule has 0 radical (unpaired) electrons. The topological polar surface area (TPSA) is 58.2 Å². The molecule has 1 aliphatic heterocycles. The first-order chi connectivity index (χ1) is 8.32. The van der Waals surface area contributed by atoms with Crippen molar-refractivity contribution < 1.29 is 12.8 Å². The predicted octanol–water partition coefficient (Wildman–Crippen LogP) is 1.62. The first-order valence-corrected chi connectivity index (χ1v) is 7.80. The molecule has 0 saturated carbocycles. The zero-order valence-electron chi connectivity index (χ0n) is 9.83. The molecule has 0 aromatic heterocycles. The van der Waals surface area contributed by atoms with E-state index in [0.717, 1.165) is 12.6 Å². The summed E-state index contributed by atoms with van der Waals surface area (Å²) in [5.74, 6) is -0.758. The fourth-order valence-corrected chi connectivity index (χ4v) is 3.81. The molecule has 1 aromatic carbocycles. The summed E-state index contributed by atoms with van der Waals surface area (Å²) >= 11 is 3.10. The second kappa shape index (κ2) is 4.88. The van der Waals surface area contributed by atoms with Crippen LogP contribution >= 0.6 is 15.9 Å². The second-order valence-electron chi connectivity index (χ2n) is 4.67. The van der Waals surface area contributed by atoms with Gasteiger partial charge >= 0.3 is 0 Å². The van der Waals surface area contributed by atoms with Gasteiger partial charge in [-0.1, -0.05) is 15.9 Å². The van der Waals surface area contributed by atoms with Gasteiger partial charge in [-0.3, -0.25) is 0 Å². The fraction of sp³-hybridized carbons (Fsp3) is 0.455. The lowest BCUT2D eigenvalue weighted by molar-refractivity contribution is 0.449. The van der Waals surface area contributed by atoms with Crippen molar-refractivity contribution in [1.82, 2.24) is 10.0 Å². The normalized spacial score (nSPS) is 24.4. The molecule has 0 aliphatic carbocycles. The first-order valence-electron chi connectivity index (χ1n) is 5.52. The average molecular weight is 337 g/mol. The second-order valence-corrected chi connectivity index (χ2v) is 7.23. The zero-order valence-corrected chi connectivity index (χ0v) is 12.2. The van der Waals surface area contributed by atoms with Crippen molar-refractivity contribution >= 4 is 26.0 Å². The summed E-state index contributed by atoms with van der Waals surface area (Å²) in [6, 6.07) is 3.91. The number of nitrogens with one attached hydrogen (secondary N) is 2. The molecule has 0 amide bonds. The summed E-state index contributed by atoms with van der Waals surface area (Å²) in [5, 5.41) is 3.08. The third-order valence-electron chi connectivity index (χ3n) is 2.93. The maximum atomic E-state index is 13.7. The minimum absolute atomic E-state index is 0.321. The third-order valence-corrected chi connectivity index (χ3v) is 5.10. The van der Waals surface area contributed by atoms with Crippen LogP contribution in [0, 0.1) is 5.82 Å². The molecule has 1 saturated heterocycles. The quantitative estimate of drug-likeness (QED) is 0.881. The highest BCUT2D eigenvalue weighted by Gasteiger charge is 2.34. The molecule has 4 nitrogen and oxygen atoms in total. The van der Waals surface area contributed by atoms with Gasteiger partial charge in [0.25, 0.3) is 0 Å². The van der Waals surface area contributed by atoms with Gasteiger partial charge in [-0.15, -0.1) is 0 Å². The Labute approximate surface area is 114 Å². The smallest absolute Gasteiger partial charge is 0.244 e. The van der Waals surface area contributed by atoms with Crippen LogP contribution in [0.4, 0.5) is 4.39 Å². The number of sulfonamides is 1. The highest BCUT2D eigenvalue weighted by atomic mass is 79.9. The van der Waals surface area contributed by atoms with Gasteiger partial charge in [0.2, 0.25) is 10.0 Å². The number of halogens is 2. The summed E-state index contributed by atoms with van der Waals surface area (Å²) < 4.78 is 41.0. The Hall–Kier alpha value is -0.500. The maximum Gasteiger partial charge on any atom is 0.244 e. The van der Waals surface area contributed by atoms with E-state index in [1.54, 1.807) is 6.92 Å². The molecule has 0 spiro atoms. The Morgan fingerprint density at radius 3 is 2.78 bits per heavy atom. The predicted molar refractivity (Wildman–Crippen MR) is 70.3 cm³/mol. The van der Waals surface area contributed by atoms with Gasteiger partial charge in [0.05, 0.1) is 0 Å². The maximum absolute atomic E-state index is 13.7. The molecule has 1 fully saturated rings. The van der Waals surface area contributed by atoms with Gasteiger partial charge in [-0.25, -0.2) is 17.5 Å². The lowest BCUT2D eigenvalue weighted by Crippen LogP contribution is -2.47. The van der Waals surface area contributed by atoms with Crippen LogP contribution in [0.5, 0.6) is 0 Å². The van der Waals surface area contributed by atoms with Gasteiger partial charge in [-0.2, -0.15) is 0 Å². The van der Waals surface area contributed by atoms with Crippen molar-refractivity contribution in [1.29, 1.82) is 0 Å². The SMILES string of the molecule is CC1(NS(=O)(=O)c2ccc(Br)cc2F)CCNC1. The lowest BCUT2D eigenvalue weighted by atomic mass is 10.0. The Balaban J connectivity index is 2.30. The minimum Gasteiger partial charge on any atom is -0.315 e. The minimum atomic E-state index is -3.84. The molecule has 1 atom stereocenters. The van der Waals surface area contributed by atoms with E-state index in [1.807, 2.05) is 0 Å². The summed E-state index contributed by atoms with van der Waals surface area (Å²) in [7, 11) is -3.84. The van der Waals surface area contributed by atoms with Gasteiger partial charge in [-0.05, 0) is 38.1 Å². The van der Waals surface area contributed by atoms with Crippen molar-refractivity contribution in [3.63, 3.8) is 0 Å². The highest BCUT2D eigenvalue weighted by molar-refractivity contribution is 9.10. The molecule has 7 heteroatoms. The molecule has 2 rings (SSSR count). The van der Waals surface area contributed by atoms with Crippen LogP contribution in [-0.4, -0.2) is 27.0 Å². The van der Waals surface area contributed by atoms with E-state index in [-0.39, 0.29) is 4.90 Å². The van der Waals surface area contributed by atoms with Crippen LogP contribution in [0.2, 0.25) is 0 Å². The number of hydrogen-bond acceptors (Lipinski definition) is 3. The zero-order chi connectivity index (χ0) is 13.4. The molecule has 1 aliphatic rings. The van der Waals surface area contributed by atoms with Crippen molar-refractivity contribution in [3.8, 4) is 0 Å². The standard InChI is InChI=1S/C11H14BrFN2O2S/c1-11(4-5-14-7-11)15-18(16,17)10-3-2-8(12)6-9(10)13/h2-3,6,14-15H,4-5,7H2,1H3. The lowest BCUT2D eigenvalue weighted by Gasteiger charge is -2.24. The highest BCUT2D eigenvalue weighted by Crippen LogP contribution is 2.22. The van der Waals surface area contributed by atoms with Crippen LogP contribution in [0.1, 0.15) is 13.3 Å². The number of hydrogen-bond donors (Lipinski definition) is 2. The van der Waals surface area contributed by atoms with Crippen molar-refractivity contribution in [2.75, 3.05) is 13.1 Å². The van der Waals surface area contributed by atoms with Crippen LogP contribution in [0.3, 0.4) is 0 Å². The number of benzene rings is 1. The number of rotatable bonds is 3. The van der Waals surface area contributed by atoms with E-state index >= 15 is 0 Å². The molecular weight excluding hydrogens is 323 g/mol. The Bertz CT molecular complexity index is 556. The van der Waals surface area contributed by atoms with Gasteiger partial charge < -0.3 is 5.32 Å². The van der Waals surface area contributed by atoms with E-state index in [0.29, 0.717) is 17.4 Å². The summed E-state index contributed by atoms with van der Waals surface area (Å²) in [5.41, 5.74) is -0.557. The molecule has 1 aromatic rings. The van der Waals surface area contributed by atoms with Gasteiger partial charge in [0.1, 0.15) is 10.7 Å². The molecule has 1 heterocycles. The average Bonchev–Trinajstić information content (AvgIpc) is 2.62. The van der Waals surface area contributed by atoms with E-state index in [2.05, 4.69) is 26.0 Å². The van der Waals surface area contributed by atoms with Gasteiger partial charge in [0, 0.05) is 16.6 Å². The Morgan fingerprint density at radius 1 is 1.50 bits per heavy atom. The third kappa shape index (κ3) is 2.90.